The number of aliphatic hydroxyl groups excluding tert-OH is 1. The highest BCUT2D eigenvalue weighted by Gasteiger charge is 2.32. The van der Waals surface area contributed by atoms with Crippen molar-refractivity contribution in [3.05, 3.63) is 34.9 Å². The largest absolute Gasteiger partial charge is 0.388 e. The van der Waals surface area contributed by atoms with Crippen LogP contribution in [0.5, 0.6) is 0 Å². The van der Waals surface area contributed by atoms with E-state index in [2.05, 4.69) is 0 Å². The topological polar surface area (TPSA) is 20.2 Å². The normalized spacial score (nSPS) is 26.2. The SMILES string of the molecule is C[C@@H]1C[C@@H](O)c2c(F)ccc(F)c21. The summed E-state index contributed by atoms with van der Waals surface area (Å²) in [5.74, 6) is -1.02. The number of aliphatic hydroxyl groups is 1. The first-order chi connectivity index (χ1) is 6.11. The van der Waals surface area contributed by atoms with E-state index in [4.69, 9.17) is 0 Å². The number of halogens is 2. The Balaban J connectivity index is 2.67. The van der Waals surface area contributed by atoms with Gasteiger partial charge in [-0.3, -0.25) is 0 Å². The van der Waals surface area contributed by atoms with Crippen molar-refractivity contribution in [3.8, 4) is 0 Å². The first kappa shape index (κ1) is 8.63. The van der Waals surface area contributed by atoms with Gasteiger partial charge >= 0.3 is 0 Å². The van der Waals surface area contributed by atoms with Crippen LogP contribution in [0.3, 0.4) is 0 Å². The Morgan fingerprint density at radius 3 is 2.31 bits per heavy atom. The van der Waals surface area contributed by atoms with Crippen molar-refractivity contribution in [2.24, 2.45) is 0 Å². The van der Waals surface area contributed by atoms with Crippen molar-refractivity contribution in [2.75, 3.05) is 0 Å². The number of benzene rings is 1. The van der Waals surface area contributed by atoms with Gasteiger partial charge in [0.2, 0.25) is 0 Å². The van der Waals surface area contributed by atoms with Crippen LogP contribution in [-0.2, 0) is 0 Å². The number of rotatable bonds is 0. The molecule has 0 amide bonds. The summed E-state index contributed by atoms with van der Waals surface area (Å²) in [6, 6.07) is 2.18. The first-order valence-electron chi connectivity index (χ1n) is 4.27. The predicted octanol–water partition coefficient (Wildman–Crippen LogP) is 2.51. The van der Waals surface area contributed by atoms with Crippen LogP contribution in [0.25, 0.3) is 0 Å². The predicted molar refractivity (Wildman–Crippen MR) is 44.3 cm³/mol. The Labute approximate surface area is 75.0 Å². The summed E-state index contributed by atoms with van der Waals surface area (Å²) in [7, 11) is 0. The molecule has 0 heterocycles. The van der Waals surface area contributed by atoms with E-state index in [9.17, 15) is 13.9 Å². The maximum absolute atomic E-state index is 13.2. The smallest absolute Gasteiger partial charge is 0.129 e. The molecular formula is C10H10F2O. The lowest BCUT2D eigenvalue weighted by molar-refractivity contribution is 0.170. The van der Waals surface area contributed by atoms with Crippen LogP contribution in [0, 0.1) is 11.6 Å². The van der Waals surface area contributed by atoms with E-state index in [-0.39, 0.29) is 11.5 Å². The van der Waals surface area contributed by atoms with Gasteiger partial charge in [-0.15, -0.1) is 0 Å². The standard InChI is InChI=1S/C10H10F2O/c1-5-4-8(13)10-7(12)3-2-6(11)9(5)10/h2-3,5,8,13H,4H2,1H3/t5-,8-/m1/s1. The van der Waals surface area contributed by atoms with Crippen molar-refractivity contribution in [1.82, 2.24) is 0 Å². The Kier molecular flexibility index (Phi) is 1.84. The molecule has 0 aliphatic heterocycles. The van der Waals surface area contributed by atoms with Crippen LogP contribution < -0.4 is 0 Å². The molecule has 0 radical (unpaired) electrons. The van der Waals surface area contributed by atoms with Crippen molar-refractivity contribution in [1.29, 1.82) is 0 Å². The average molecular weight is 184 g/mol. The quantitative estimate of drug-likeness (QED) is 0.656. The lowest BCUT2D eigenvalue weighted by atomic mass is 10.0. The molecule has 0 fully saturated rings. The maximum atomic E-state index is 13.2. The molecule has 0 bridgehead atoms. The second-order valence-electron chi connectivity index (χ2n) is 3.51. The minimum absolute atomic E-state index is 0.0966. The molecular weight excluding hydrogens is 174 g/mol. The van der Waals surface area contributed by atoms with Crippen LogP contribution in [0.15, 0.2) is 12.1 Å². The van der Waals surface area contributed by atoms with E-state index in [0.29, 0.717) is 12.0 Å². The third-order valence-electron chi connectivity index (χ3n) is 2.58. The molecule has 0 saturated carbocycles. The monoisotopic (exact) mass is 184 g/mol. The molecule has 3 heteroatoms. The van der Waals surface area contributed by atoms with Gasteiger partial charge in [0.05, 0.1) is 6.10 Å². The van der Waals surface area contributed by atoms with Gasteiger partial charge < -0.3 is 5.11 Å². The zero-order valence-electron chi connectivity index (χ0n) is 7.22. The molecule has 1 aromatic carbocycles. The van der Waals surface area contributed by atoms with Crippen LogP contribution in [-0.4, -0.2) is 5.11 Å². The van der Waals surface area contributed by atoms with Crippen LogP contribution in [0.4, 0.5) is 8.78 Å². The minimum atomic E-state index is -0.847. The average Bonchev–Trinajstić information content (AvgIpc) is 2.36. The first-order valence-corrected chi connectivity index (χ1v) is 4.27. The molecule has 1 aliphatic carbocycles. The summed E-state index contributed by atoms with van der Waals surface area (Å²) in [6.07, 6.45) is -0.437. The molecule has 70 valence electrons. The lowest BCUT2D eigenvalue weighted by Gasteiger charge is -2.06. The Morgan fingerprint density at radius 2 is 1.77 bits per heavy atom. The molecule has 1 N–H and O–H groups in total. The van der Waals surface area contributed by atoms with Crippen LogP contribution in [0.2, 0.25) is 0 Å². The highest BCUT2D eigenvalue weighted by Crippen LogP contribution is 2.42. The minimum Gasteiger partial charge on any atom is -0.388 e. The van der Waals surface area contributed by atoms with Gasteiger partial charge in [0.15, 0.2) is 0 Å². The van der Waals surface area contributed by atoms with Crippen molar-refractivity contribution in [3.63, 3.8) is 0 Å². The third-order valence-corrected chi connectivity index (χ3v) is 2.58. The van der Waals surface area contributed by atoms with Gasteiger partial charge in [-0.2, -0.15) is 0 Å². The molecule has 13 heavy (non-hydrogen) atoms. The molecule has 1 aromatic rings. The second-order valence-corrected chi connectivity index (χ2v) is 3.51. The summed E-state index contributed by atoms with van der Waals surface area (Å²) in [5, 5.41) is 9.45. The molecule has 1 aliphatic rings. The van der Waals surface area contributed by atoms with Gasteiger partial charge in [0.25, 0.3) is 0 Å². The zero-order valence-corrected chi connectivity index (χ0v) is 7.22. The number of fused-ring (bicyclic) bond motifs is 1. The van der Waals surface area contributed by atoms with Gasteiger partial charge in [0.1, 0.15) is 11.6 Å². The fourth-order valence-corrected chi connectivity index (χ4v) is 1.99. The Morgan fingerprint density at radius 1 is 1.23 bits per heavy atom. The van der Waals surface area contributed by atoms with Gasteiger partial charge in [0, 0.05) is 5.56 Å². The summed E-state index contributed by atoms with van der Waals surface area (Å²) >= 11 is 0. The second kappa shape index (κ2) is 2.77. The molecule has 2 atom stereocenters. The fourth-order valence-electron chi connectivity index (χ4n) is 1.99. The molecule has 0 aromatic heterocycles. The fraction of sp³-hybridized carbons (Fsp3) is 0.400. The van der Waals surface area contributed by atoms with E-state index >= 15 is 0 Å². The highest BCUT2D eigenvalue weighted by atomic mass is 19.1. The van der Waals surface area contributed by atoms with E-state index in [1.165, 1.54) is 0 Å². The molecule has 0 spiro atoms. The lowest BCUT2D eigenvalue weighted by Crippen LogP contribution is -1.97. The molecule has 0 unspecified atom stereocenters. The number of hydrogen-bond donors (Lipinski definition) is 1. The summed E-state index contributed by atoms with van der Waals surface area (Å²) in [6.45, 7) is 1.79. The van der Waals surface area contributed by atoms with E-state index in [1.807, 2.05) is 0 Å². The Bertz CT molecular complexity index is 316. The van der Waals surface area contributed by atoms with Crippen molar-refractivity contribution in [2.45, 2.75) is 25.4 Å². The van der Waals surface area contributed by atoms with Crippen LogP contribution >= 0.6 is 0 Å². The summed E-state index contributed by atoms with van der Waals surface area (Å²) < 4.78 is 26.4. The Hall–Kier alpha value is -0.960. The van der Waals surface area contributed by atoms with E-state index in [0.717, 1.165) is 12.1 Å². The van der Waals surface area contributed by atoms with E-state index < -0.39 is 17.7 Å². The van der Waals surface area contributed by atoms with Crippen LogP contribution in [0.1, 0.15) is 36.5 Å². The summed E-state index contributed by atoms with van der Waals surface area (Å²) in [4.78, 5) is 0. The zero-order chi connectivity index (χ0) is 9.59. The van der Waals surface area contributed by atoms with Crippen molar-refractivity contribution < 1.29 is 13.9 Å². The highest BCUT2D eigenvalue weighted by molar-refractivity contribution is 5.38. The molecule has 1 nitrogen and oxygen atoms in total. The maximum Gasteiger partial charge on any atom is 0.129 e. The van der Waals surface area contributed by atoms with Gasteiger partial charge in [-0.05, 0) is 30.0 Å². The van der Waals surface area contributed by atoms with Crippen molar-refractivity contribution >= 4 is 0 Å². The van der Waals surface area contributed by atoms with Gasteiger partial charge in [-0.25, -0.2) is 8.78 Å². The summed E-state index contributed by atoms with van der Waals surface area (Å²) in [5.41, 5.74) is 0.486. The van der Waals surface area contributed by atoms with E-state index in [1.54, 1.807) is 6.92 Å². The van der Waals surface area contributed by atoms with Gasteiger partial charge in [-0.1, -0.05) is 6.92 Å². The third kappa shape index (κ3) is 1.15. The number of hydrogen-bond acceptors (Lipinski definition) is 1. The molecule has 2 rings (SSSR count). The molecule has 0 saturated heterocycles.